The van der Waals surface area contributed by atoms with Gasteiger partial charge < -0.3 is 10.0 Å². The van der Waals surface area contributed by atoms with E-state index in [9.17, 15) is 4.79 Å². The van der Waals surface area contributed by atoms with Crippen LogP contribution >= 0.6 is 0 Å². The molecule has 0 radical (unpaired) electrons. The molecule has 3 heteroatoms. The zero-order valence-corrected chi connectivity index (χ0v) is 11.0. The Morgan fingerprint density at radius 2 is 1.81 bits per heavy atom. The predicted octanol–water partition coefficient (Wildman–Crippen LogP) is 3.00. The molecule has 0 bridgehead atoms. The lowest BCUT2D eigenvalue weighted by atomic mass is 10.1. The molecule has 3 nitrogen and oxygen atoms in total. The zero-order chi connectivity index (χ0) is 12.4. The van der Waals surface area contributed by atoms with Gasteiger partial charge in [-0.15, -0.1) is 0 Å². The number of carboxylic acids is 1. The van der Waals surface area contributed by atoms with E-state index in [1.807, 2.05) is 0 Å². The standard InChI is InChI=1S/C13H27NO2/c1-4-6-7-8-9-10-14(5-2)11-12(3)13(15)16/h12H,4-11H2,1-3H3,(H,15,16). The molecule has 0 aliphatic carbocycles. The van der Waals surface area contributed by atoms with E-state index in [4.69, 9.17) is 5.11 Å². The van der Waals surface area contributed by atoms with Gasteiger partial charge in [-0.3, -0.25) is 4.79 Å². The number of unbranched alkanes of at least 4 members (excludes halogenated alkanes) is 4. The van der Waals surface area contributed by atoms with Crippen molar-refractivity contribution in [1.29, 1.82) is 0 Å². The molecule has 0 aromatic heterocycles. The van der Waals surface area contributed by atoms with Gasteiger partial charge in [-0.2, -0.15) is 0 Å². The quantitative estimate of drug-likeness (QED) is 0.585. The summed E-state index contributed by atoms with van der Waals surface area (Å²) in [4.78, 5) is 13.0. The molecule has 1 N–H and O–H groups in total. The van der Waals surface area contributed by atoms with Crippen LogP contribution in [0.2, 0.25) is 0 Å². The first-order chi connectivity index (χ1) is 7.61. The topological polar surface area (TPSA) is 40.5 Å². The van der Waals surface area contributed by atoms with Gasteiger partial charge in [0.25, 0.3) is 0 Å². The first-order valence-electron chi connectivity index (χ1n) is 6.56. The maximum atomic E-state index is 10.7. The summed E-state index contributed by atoms with van der Waals surface area (Å²) in [5.41, 5.74) is 0. The monoisotopic (exact) mass is 229 g/mol. The zero-order valence-electron chi connectivity index (χ0n) is 11.0. The van der Waals surface area contributed by atoms with E-state index in [0.717, 1.165) is 13.1 Å². The van der Waals surface area contributed by atoms with Crippen LogP contribution in [0, 0.1) is 5.92 Å². The summed E-state index contributed by atoms with van der Waals surface area (Å²) >= 11 is 0. The van der Waals surface area contributed by atoms with Crippen LogP contribution in [0.25, 0.3) is 0 Å². The van der Waals surface area contributed by atoms with Crippen molar-refractivity contribution in [3.05, 3.63) is 0 Å². The van der Waals surface area contributed by atoms with Crippen LogP contribution < -0.4 is 0 Å². The van der Waals surface area contributed by atoms with Gasteiger partial charge in [-0.25, -0.2) is 0 Å². The van der Waals surface area contributed by atoms with Crippen molar-refractivity contribution in [2.75, 3.05) is 19.6 Å². The van der Waals surface area contributed by atoms with Crippen molar-refractivity contribution < 1.29 is 9.90 Å². The second-order valence-electron chi connectivity index (χ2n) is 4.55. The van der Waals surface area contributed by atoms with Crippen LogP contribution in [0.15, 0.2) is 0 Å². The number of rotatable bonds is 10. The van der Waals surface area contributed by atoms with Crippen molar-refractivity contribution in [2.24, 2.45) is 5.92 Å². The van der Waals surface area contributed by atoms with Crippen LogP contribution in [-0.4, -0.2) is 35.6 Å². The molecular weight excluding hydrogens is 202 g/mol. The lowest BCUT2D eigenvalue weighted by Gasteiger charge is -2.22. The lowest BCUT2D eigenvalue weighted by Crippen LogP contribution is -2.32. The largest absolute Gasteiger partial charge is 0.481 e. The van der Waals surface area contributed by atoms with Crippen molar-refractivity contribution in [2.45, 2.75) is 52.9 Å². The highest BCUT2D eigenvalue weighted by atomic mass is 16.4. The average Bonchev–Trinajstić information content (AvgIpc) is 2.26. The smallest absolute Gasteiger partial charge is 0.307 e. The molecule has 1 atom stereocenters. The second kappa shape index (κ2) is 9.64. The molecule has 0 saturated heterocycles. The minimum absolute atomic E-state index is 0.254. The van der Waals surface area contributed by atoms with E-state index < -0.39 is 5.97 Å². The summed E-state index contributed by atoms with van der Waals surface area (Å²) in [6, 6.07) is 0. The molecule has 1 unspecified atom stereocenters. The fourth-order valence-electron chi connectivity index (χ4n) is 1.78. The first kappa shape index (κ1) is 15.4. The second-order valence-corrected chi connectivity index (χ2v) is 4.55. The molecule has 0 heterocycles. The fraction of sp³-hybridized carbons (Fsp3) is 0.923. The highest BCUT2D eigenvalue weighted by Crippen LogP contribution is 2.06. The van der Waals surface area contributed by atoms with Gasteiger partial charge in [-0.1, -0.05) is 46.5 Å². The van der Waals surface area contributed by atoms with Crippen molar-refractivity contribution >= 4 is 5.97 Å². The molecule has 96 valence electrons. The summed E-state index contributed by atoms with van der Waals surface area (Å²) in [5.74, 6) is -0.944. The molecule has 0 aliphatic heterocycles. The molecule has 0 spiro atoms. The SMILES string of the molecule is CCCCCCCN(CC)CC(C)C(=O)O. The highest BCUT2D eigenvalue weighted by Gasteiger charge is 2.14. The van der Waals surface area contributed by atoms with E-state index >= 15 is 0 Å². The van der Waals surface area contributed by atoms with Crippen molar-refractivity contribution in [3.8, 4) is 0 Å². The predicted molar refractivity (Wildman–Crippen MR) is 67.7 cm³/mol. The summed E-state index contributed by atoms with van der Waals surface area (Å²) in [6.45, 7) is 8.76. The number of nitrogens with zero attached hydrogens (tertiary/aromatic N) is 1. The van der Waals surface area contributed by atoms with E-state index in [1.54, 1.807) is 6.92 Å². The molecular formula is C13H27NO2. The Kier molecular flexibility index (Phi) is 9.30. The molecule has 0 saturated carbocycles. The van der Waals surface area contributed by atoms with Gasteiger partial charge >= 0.3 is 5.97 Å². The van der Waals surface area contributed by atoms with Gasteiger partial charge in [0.15, 0.2) is 0 Å². The number of hydrogen-bond acceptors (Lipinski definition) is 2. The summed E-state index contributed by atoms with van der Waals surface area (Å²) < 4.78 is 0. The normalized spacial score (nSPS) is 13.0. The minimum Gasteiger partial charge on any atom is -0.481 e. The third-order valence-electron chi connectivity index (χ3n) is 2.98. The number of hydrogen-bond donors (Lipinski definition) is 1. The lowest BCUT2D eigenvalue weighted by molar-refractivity contribution is -0.141. The molecule has 0 rings (SSSR count). The van der Waals surface area contributed by atoms with Crippen molar-refractivity contribution in [1.82, 2.24) is 4.90 Å². The van der Waals surface area contributed by atoms with Gasteiger partial charge in [0.2, 0.25) is 0 Å². The number of carbonyl (C=O) groups is 1. The maximum absolute atomic E-state index is 10.7. The Morgan fingerprint density at radius 1 is 1.19 bits per heavy atom. The summed E-state index contributed by atoms with van der Waals surface area (Å²) in [5, 5.41) is 8.84. The van der Waals surface area contributed by atoms with Gasteiger partial charge in [-0.05, 0) is 19.5 Å². The van der Waals surface area contributed by atoms with Crippen LogP contribution in [0.3, 0.4) is 0 Å². The van der Waals surface area contributed by atoms with E-state index in [0.29, 0.717) is 6.54 Å². The molecule has 0 aromatic rings. The number of aliphatic carboxylic acids is 1. The van der Waals surface area contributed by atoms with E-state index in [1.165, 1.54) is 32.1 Å². The van der Waals surface area contributed by atoms with E-state index in [2.05, 4.69) is 18.7 Å². The van der Waals surface area contributed by atoms with E-state index in [-0.39, 0.29) is 5.92 Å². The van der Waals surface area contributed by atoms with Crippen LogP contribution in [-0.2, 0) is 4.79 Å². The third-order valence-corrected chi connectivity index (χ3v) is 2.98. The average molecular weight is 229 g/mol. The maximum Gasteiger partial charge on any atom is 0.307 e. The molecule has 16 heavy (non-hydrogen) atoms. The molecule has 0 aromatic carbocycles. The van der Waals surface area contributed by atoms with Gasteiger partial charge in [0, 0.05) is 6.54 Å². The fourth-order valence-corrected chi connectivity index (χ4v) is 1.78. The molecule has 0 amide bonds. The Bertz CT molecular complexity index is 183. The van der Waals surface area contributed by atoms with Crippen LogP contribution in [0.5, 0.6) is 0 Å². The van der Waals surface area contributed by atoms with Gasteiger partial charge in [0.1, 0.15) is 0 Å². The summed E-state index contributed by atoms with van der Waals surface area (Å²) in [7, 11) is 0. The van der Waals surface area contributed by atoms with Crippen LogP contribution in [0.1, 0.15) is 52.9 Å². The molecule has 0 aliphatic rings. The Labute approximate surface area is 99.8 Å². The van der Waals surface area contributed by atoms with Crippen LogP contribution in [0.4, 0.5) is 0 Å². The minimum atomic E-state index is -0.690. The Morgan fingerprint density at radius 3 is 2.31 bits per heavy atom. The summed E-state index contributed by atoms with van der Waals surface area (Å²) in [6.07, 6.45) is 6.36. The number of carboxylic acid groups (broad SMARTS) is 1. The third kappa shape index (κ3) is 7.69. The van der Waals surface area contributed by atoms with Crippen molar-refractivity contribution in [3.63, 3.8) is 0 Å². The Hall–Kier alpha value is -0.570. The Balaban J connectivity index is 3.62. The highest BCUT2D eigenvalue weighted by molar-refractivity contribution is 5.69. The first-order valence-corrected chi connectivity index (χ1v) is 6.56. The molecule has 0 fully saturated rings. The van der Waals surface area contributed by atoms with Gasteiger partial charge in [0.05, 0.1) is 5.92 Å².